The van der Waals surface area contributed by atoms with Crippen molar-refractivity contribution in [2.75, 3.05) is 42.9 Å². The number of benzene rings is 2. The number of hydrogen-bond donors (Lipinski definition) is 2. The first-order chi connectivity index (χ1) is 11.6. The average Bonchev–Trinajstić information content (AvgIpc) is 2.59. The third kappa shape index (κ3) is 4.36. The molecular formula is C19H23BrN3O+. The van der Waals surface area contributed by atoms with Crippen LogP contribution in [0.25, 0.3) is 0 Å². The van der Waals surface area contributed by atoms with E-state index in [9.17, 15) is 4.79 Å². The van der Waals surface area contributed by atoms with Gasteiger partial charge in [-0.1, -0.05) is 34.1 Å². The maximum atomic E-state index is 12.3. The van der Waals surface area contributed by atoms with Crippen molar-refractivity contribution in [3.8, 4) is 0 Å². The van der Waals surface area contributed by atoms with E-state index in [1.54, 1.807) is 0 Å². The highest BCUT2D eigenvalue weighted by Gasteiger charge is 2.22. The van der Waals surface area contributed by atoms with Crippen LogP contribution in [0.15, 0.2) is 53.0 Å². The van der Waals surface area contributed by atoms with Crippen LogP contribution in [0, 0.1) is 6.92 Å². The molecule has 3 rings (SSSR count). The van der Waals surface area contributed by atoms with Crippen molar-refractivity contribution in [1.82, 2.24) is 0 Å². The number of piperazine rings is 1. The van der Waals surface area contributed by atoms with Gasteiger partial charge in [-0.3, -0.25) is 4.79 Å². The van der Waals surface area contributed by atoms with Gasteiger partial charge in [0.25, 0.3) is 5.91 Å². The summed E-state index contributed by atoms with van der Waals surface area (Å²) < 4.78 is 1.03. The Morgan fingerprint density at radius 1 is 1.17 bits per heavy atom. The van der Waals surface area contributed by atoms with Crippen molar-refractivity contribution >= 4 is 33.2 Å². The van der Waals surface area contributed by atoms with Gasteiger partial charge >= 0.3 is 0 Å². The molecule has 0 atom stereocenters. The third-order valence-electron chi connectivity index (χ3n) is 4.46. The molecule has 0 saturated carbocycles. The second-order valence-electron chi connectivity index (χ2n) is 6.26. The minimum absolute atomic E-state index is 0.0867. The fourth-order valence-electron chi connectivity index (χ4n) is 3.09. The van der Waals surface area contributed by atoms with Crippen LogP contribution in [0.1, 0.15) is 5.56 Å². The molecule has 5 heteroatoms. The summed E-state index contributed by atoms with van der Waals surface area (Å²) in [6.45, 7) is 6.49. The number of nitrogens with one attached hydrogen (secondary N) is 2. The summed E-state index contributed by atoms with van der Waals surface area (Å²) in [5.74, 6) is 0.0867. The fourth-order valence-corrected chi connectivity index (χ4v) is 3.56. The summed E-state index contributed by atoms with van der Waals surface area (Å²) in [4.78, 5) is 16.0. The van der Waals surface area contributed by atoms with E-state index >= 15 is 0 Å². The molecule has 0 spiro atoms. The molecule has 0 unspecified atom stereocenters. The number of nitrogens with zero attached hydrogens (tertiary/aromatic N) is 1. The summed E-state index contributed by atoms with van der Waals surface area (Å²) >= 11 is 3.45. The largest absolute Gasteiger partial charge is 0.360 e. The Kier molecular flexibility index (Phi) is 5.53. The van der Waals surface area contributed by atoms with Crippen LogP contribution in [-0.4, -0.2) is 38.6 Å². The summed E-state index contributed by atoms with van der Waals surface area (Å²) in [6.07, 6.45) is 0. The minimum atomic E-state index is 0.0867. The van der Waals surface area contributed by atoms with Crippen molar-refractivity contribution in [3.05, 3.63) is 58.6 Å². The molecule has 1 fully saturated rings. The number of amides is 1. The van der Waals surface area contributed by atoms with Crippen LogP contribution in [0.5, 0.6) is 0 Å². The van der Waals surface area contributed by atoms with Gasteiger partial charge in [0, 0.05) is 15.8 Å². The smallest absolute Gasteiger partial charge is 0.279 e. The predicted molar refractivity (Wildman–Crippen MR) is 102 cm³/mol. The Morgan fingerprint density at radius 2 is 1.88 bits per heavy atom. The van der Waals surface area contributed by atoms with E-state index in [0.717, 1.165) is 41.9 Å². The van der Waals surface area contributed by atoms with Crippen LogP contribution < -0.4 is 15.1 Å². The summed E-state index contributed by atoms with van der Waals surface area (Å²) in [5.41, 5.74) is 3.23. The molecule has 4 nitrogen and oxygen atoms in total. The summed E-state index contributed by atoms with van der Waals surface area (Å²) in [5, 5.41) is 3.03. The molecule has 2 N–H and O–H groups in total. The molecule has 24 heavy (non-hydrogen) atoms. The number of para-hydroxylation sites is 1. The lowest BCUT2D eigenvalue weighted by Crippen LogP contribution is -3.15. The molecule has 1 aliphatic heterocycles. The molecule has 1 saturated heterocycles. The lowest BCUT2D eigenvalue weighted by atomic mass is 10.2. The van der Waals surface area contributed by atoms with Crippen LogP contribution in [0.2, 0.25) is 0 Å². The number of carbonyl (C=O) groups is 1. The Balaban J connectivity index is 1.50. The number of hydrogen-bond acceptors (Lipinski definition) is 2. The molecule has 0 aromatic heterocycles. The molecule has 0 radical (unpaired) electrons. The van der Waals surface area contributed by atoms with Gasteiger partial charge in [-0.2, -0.15) is 0 Å². The summed E-state index contributed by atoms with van der Waals surface area (Å²) in [7, 11) is 0. The van der Waals surface area contributed by atoms with Gasteiger partial charge in [0.1, 0.15) is 0 Å². The Bertz CT molecular complexity index is 697. The van der Waals surface area contributed by atoms with E-state index in [2.05, 4.69) is 50.4 Å². The maximum Gasteiger partial charge on any atom is 0.279 e. The molecule has 1 heterocycles. The van der Waals surface area contributed by atoms with E-state index in [-0.39, 0.29) is 5.91 Å². The average molecular weight is 389 g/mol. The SMILES string of the molecule is Cc1cc(Br)ccc1NC(=O)C[NH+]1CCN(c2ccccc2)CC1. The van der Waals surface area contributed by atoms with Crippen molar-refractivity contribution in [2.24, 2.45) is 0 Å². The first kappa shape index (κ1) is 17.0. The quantitative estimate of drug-likeness (QED) is 0.841. The van der Waals surface area contributed by atoms with Gasteiger partial charge in [-0.25, -0.2) is 0 Å². The highest BCUT2D eigenvalue weighted by molar-refractivity contribution is 9.10. The number of carbonyl (C=O) groups excluding carboxylic acids is 1. The second-order valence-corrected chi connectivity index (χ2v) is 7.17. The van der Waals surface area contributed by atoms with Gasteiger partial charge < -0.3 is 15.1 Å². The monoisotopic (exact) mass is 388 g/mol. The Morgan fingerprint density at radius 3 is 2.54 bits per heavy atom. The van der Waals surface area contributed by atoms with E-state index in [4.69, 9.17) is 0 Å². The number of aryl methyl sites for hydroxylation is 1. The molecule has 1 aliphatic rings. The zero-order chi connectivity index (χ0) is 16.9. The van der Waals surface area contributed by atoms with Crippen molar-refractivity contribution in [2.45, 2.75) is 6.92 Å². The predicted octanol–water partition coefficient (Wildman–Crippen LogP) is 2.10. The highest BCUT2D eigenvalue weighted by atomic mass is 79.9. The third-order valence-corrected chi connectivity index (χ3v) is 4.96. The standard InChI is InChI=1S/C19H22BrN3O/c1-15-13-16(20)7-8-18(15)21-19(24)14-22-9-11-23(12-10-22)17-5-3-2-4-6-17/h2-8,13H,9-12,14H2,1H3,(H,21,24)/p+1. The first-order valence-electron chi connectivity index (χ1n) is 8.31. The fraction of sp³-hybridized carbons (Fsp3) is 0.316. The molecule has 0 bridgehead atoms. The lowest BCUT2D eigenvalue weighted by Gasteiger charge is -2.33. The van der Waals surface area contributed by atoms with Crippen molar-refractivity contribution in [3.63, 3.8) is 0 Å². The van der Waals surface area contributed by atoms with Gasteiger partial charge in [0.2, 0.25) is 0 Å². The summed E-state index contributed by atoms with van der Waals surface area (Å²) in [6, 6.07) is 16.4. The molecule has 126 valence electrons. The normalized spacial score (nSPS) is 15.3. The zero-order valence-corrected chi connectivity index (χ0v) is 15.5. The van der Waals surface area contributed by atoms with Gasteiger partial charge in [-0.15, -0.1) is 0 Å². The first-order valence-corrected chi connectivity index (χ1v) is 9.11. The van der Waals surface area contributed by atoms with Crippen LogP contribution in [-0.2, 0) is 4.79 Å². The molecular weight excluding hydrogens is 366 g/mol. The van der Waals surface area contributed by atoms with Crippen LogP contribution >= 0.6 is 15.9 Å². The molecule has 1 amide bonds. The topological polar surface area (TPSA) is 36.8 Å². The zero-order valence-electron chi connectivity index (χ0n) is 13.9. The number of rotatable bonds is 4. The second kappa shape index (κ2) is 7.81. The minimum Gasteiger partial charge on any atom is -0.360 e. The van der Waals surface area contributed by atoms with E-state index in [1.807, 2.05) is 31.2 Å². The maximum absolute atomic E-state index is 12.3. The van der Waals surface area contributed by atoms with Crippen LogP contribution in [0.3, 0.4) is 0 Å². The van der Waals surface area contributed by atoms with Crippen molar-refractivity contribution < 1.29 is 9.69 Å². The van der Waals surface area contributed by atoms with Gasteiger partial charge in [0.15, 0.2) is 6.54 Å². The van der Waals surface area contributed by atoms with Crippen LogP contribution in [0.4, 0.5) is 11.4 Å². The van der Waals surface area contributed by atoms with E-state index in [0.29, 0.717) is 6.54 Å². The lowest BCUT2D eigenvalue weighted by molar-refractivity contribution is -0.892. The number of quaternary nitrogens is 1. The number of anilines is 2. The Hall–Kier alpha value is -1.85. The van der Waals surface area contributed by atoms with Crippen molar-refractivity contribution in [1.29, 1.82) is 0 Å². The molecule has 2 aromatic rings. The molecule has 0 aliphatic carbocycles. The van der Waals surface area contributed by atoms with E-state index in [1.165, 1.54) is 10.6 Å². The number of halogens is 1. The Labute approximate surface area is 151 Å². The van der Waals surface area contributed by atoms with Gasteiger partial charge in [0.05, 0.1) is 26.2 Å². The van der Waals surface area contributed by atoms with Gasteiger partial charge in [-0.05, 0) is 42.8 Å². The van der Waals surface area contributed by atoms with E-state index < -0.39 is 0 Å². The molecule has 2 aromatic carbocycles. The highest BCUT2D eigenvalue weighted by Crippen LogP contribution is 2.19.